The Kier molecular flexibility index (Phi) is 3.98. The number of H-pyrrole nitrogens is 1. The van der Waals surface area contributed by atoms with Crippen LogP contribution in [0.1, 0.15) is 32.0 Å². The Morgan fingerprint density at radius 2 is 2.00 bits per heavy atom. The van der Waals surface area contributed by atoms with Crippen LogP contribution in [-0.4, -0.2) is 29.1 Å². The smallest absolute Gasteiger partial charge is 0.339 e. The second kappa shape index (κ2) is 5.70. The average molecular weight is 288 g/mol. The normalized spacial score (nSPS) is 10.2. The van der Waals surface area contributed by atoms with Gasteiger partial charge in [0.05, 0.1) is 18.4 Å². The Bertz CT molecular complexity index is 704. The van der Waals surface area contributed by atoms with Gasteiger partial charge in [-0.05, 0) is 26.0 Å². The first kappa shape index (κ1) is 14.6. The average Bonchev–Trinajstić information content (AvgIpc) is 2.79. The highest BCUT2D eigenvalue weighted by Gasteiger charge is 2.19. The molecule has 1 aromatic heterocycles. The van der Waals surface area contributed by atoms with E-state index in [0.717, 1.165) is 5.56 Å². The van der Waals surface area contributed by atoms with E-state index in [2.05, 4.69) is 10.3 Å². The van der Waals surface area contributed by atoms with E-state index in [1.54, 1.807) is 19.1 Å². The zero-order valence-electron chi connectivity index (χ0n) is 12.0. The number of aryl methyl sites for hydroxylation is 2. The molecule has 0 atom stereocenters. The Morgan fingerprint density at radius 1 is 1.29 bits per heavy atom. The Labute approximate surface area is 121 Å². The number of hydrogen-bond acceptors (Lipinski definition) is 3. The number of ether oxygens (including phenoxy) is 1. The molecule has 0 unspecified atom stereocenters. The molecule has 21 heavy (non-hydrogen) atoms. The van der Waals surface area contributed by atoms with Gasteiger partial charge in [-0.1, -0.05) is 11.6 Å². The molecular formula is C15H16N2O4. The SMILES string of the molecule is COc1ccc(C)cc1C(=O)Nc1c[nH]c(C)c1C(=O)O. The molecule has 2 rings (SSSR count). The lowest BCUT2D eigenvalue weighted by Crippen LogP contribution is -2.15. The monoisotopic (exact) mass is 288 g/mol. The molecule has 0 aliphatic heterocycles. The van der Waals surface area contributed by atoms with Crippen molar-refractivity contribution < 1.29 is 19.4 Å². The molecule has 0 saturated carbocycles. The van der Waals surface area contributed by atoms with Crippen molar-refractivity contribution in [2.24, 2.45) is 0 Å². The number of benzene rings is 1. The van der Waals surface area contributed by atoms with Crippen LogP contribution in [0.15, 0.2) is 24.4 Å². The van der Waals surface area contributed by atoms with Gasteiger partial charge in [0.25, 0.3) is 5.91 Å². The van der Waals surface area contributed by atoms with Gasteiger partial charge in [-0.15, -0.1) is 0 Å². The highest BCUT2D eigenvalue weighted by atomic mass is 16.5. The summed E-state index contributed by atoms with van der Waals surface area (Å²) in [6.07, 6.45) is 1.46. The number of carboxylic acid groups (broad SMARTS) is 1. The second-order valence-electron chi connectivity index (χ2n) is 4.67. The Morgan fingerprint density at radius 3 is 2.62 bits per heavy atom. The number of carboxylic acids is 1. The molecule has 110 valence electrons. The Hall–Kier alpha value is -2.76. The zero-order chi connectivity index (χ0) is 15.6. The number of amides is 1. The number of aromatic carboxylic acids is 1. The van der Waals surface area contributed by atoms with Crippen LogP contribution in [0.4, 0.5) is 5.69 Å². The minimum Gasteiger partial charge on any atom is -0.496 e. The summed E-state index contributed by atoms with van der Waals surface area (Å²) in [5, 5.41) is 11.8. The Balaban J connectivity index is 2.35. The molecule has 0 spiro atoms. The lowest BCUT2D eigenvalue weighted by atomic mass is 10.1. The van der Waals surface area contributed by atoms with Crippen molar-refractivity contribution in [3.8, 4) is 5.75 Å². The van der Waals surface area contributed by atoms with E-state index in [-0.39, 0.29) is 11.3 Å². The molecular weight excluding hydrogens is 272 g/mol. The first-order valence-corrected chi connectivity index (χ1v) is 6.31. The maximum atomic E-state index is 12.3. The van der Waals surface area contributed by atoms with Crippen LogP contribution in [0.2, 0.25) is 0 Å². The summed E-state index contributed by atoms with van der Waals surface area (Å²) in [7, 11) is 1.48. The van der Waals surface area contributed by atoms with Gasteiger partial charge in [-0.3, -0.25) is 4.79 Å². The van der Waals surface area contributed by atoms with Crippen LogP contribution < -0.4 is 10.1 Å². The molecule has 1 heterocycles. The van der Waals surface area contributed by atoms with E-state index in [0.29, 0.717) is 17.0 Å². The van der Waals surface area contributed by atoms with Gasteiger partial charge in [0.15, 0.2) is 0 Å². The minimum absolute atomic E-state index is 0.0509. The third-order valence-electron chi connectivity index (χ3n) is 3.14. The van der Waals surface area contributed by atoms with Crippen LogP contribution in [0, 0.1) is 13.8 Å². The lowest BCUT2D eigenvalue weighted by molar-refractivity contribution is 0.0697. The van der Waals surface area contributed by atoms with Crippen molar-refractivity contribution in [1.82, 2.24) is 4.98 Å². The van der Waals surface area contributed by atoms with E-state index in [1.165, 1.54) is 13.3 Å². The fourth-order valence-electron chi connectivity index (χ4n) is 2.09. The second-order valence-corrected chi connectivity index (χ2v) is 4.67. The quantitative estimate of drug-likeness (QED) is 0.806. The number of aromatic amines is 1. The number of methoxy groups -OCH3 is 1. The summed E-state index contributed by atoms with van der Waals surface area (Å²) >= 11 is 0. The summed E-state index contributed by atoms with van der Waals surface area (Å²) in [6.45, 7) is 3.49. The molecule has 0 fully saturated rings. The highest BCUT2D eigenvalue weighted by molar-refractivity contribution is 6.09. The number of aromatic nitrogens is 1. The molecule has 2 aromatic rings. The predicted octanol–water partition coefficient (Wildman–Crippen LogP) is 2.59. The van der Waals surface area contributed by atoms with Gasteiger partial charge >= 0.3 is 5.97 Å². The van der Waals surface area contributed by atoms with Gasteiger partial charge in [-0.25, -0.2) is 4.79 Å². The van der Waals surface area contributed by atoms with E-state index in [4.69, 9.17) is 9.84 Å². The fraction of sp³-hybridized carbons (Fsp3) is 0.200. The topological polar surface area (TPSA) is 91.4 Å². The number of rotatable bonds is 4. The highest BCUT2D eigenvalue weighted by Crippen LogP contribution is 2.24. The molecule has 1 aromatic carbocycles. The first-order chi connectivity index (χ1) is 9.93. The zero-order valence-corrected chi connectivity index (χ0v) is 12.0. The van der Waals surface area contributed by atoms with E-state index < -0.39 is 11.9 Å². The fourth-order valence-corrected chi connectivity index (χ4v) is 2.09. The van der Waals surface area contributed by atoms with Crippen molar-refractivity contribution >= 4 is 17.6 Å². The third kappa shape index (κ3) is 2.89. The molecule has 1 amide bonds. The summed E-state index contributed by atoms with van der Waals surface area (Å²) in [5.41, 5.74) is 2.02. The van der Waals surface area contributed by atoms with Gasteiger partial charge in [-0.2, -0.15) is 0 Å². The predicted molar refractivity (Wildman–Crippen MR) is 78.2 cm³/mol. The summed E-state index contributed by atoms with van der Waals surface area (Å²) in [6, 6.07) is 5.22. The first-order valence-electron chi connectivity index (χ1n) is 6.31. The largest absolute Gasteiger partial charge is 0.496 e. The van der Waals surface area contributed by atoms with Gasteiger partial charge < -0.3 is 20.1 Å². The number of nitrogens with one attached hydrogen (secondary N) is 2. The summed E-state index contributed by atoms with van der Waals surface area (Å²) in [4.78, 5) is 26.3. The summed E-state index contributed by atoms with van der Waals surface area (Å²) in [5.74, 6) is -1.08. The number of carbonyl (C=O) groups is 2. The van der Waals surface area contributed by atoms with Crippen LogP contribution in [0.3, 0.4) is 0 Å². The van der Waals surface area contributed by atoms with Crippen molar-refractivity contribution in [3.05, 3.63) is 46.8 Å². The molecule has 0 aliphatic carbocycles. The molecule has 0 aliphatic rings. The molecule has 6 nitrogen and oxygen atoms in total. The lowest BCUT2D eigenvalue weighted by Gasteiger charge is -2.10. The standard InChI is InChI=1S/C15H16N2O4/c1-8-4-5-12(21-3)10(6-8)14(18)17-11-7-16-9(2)13(11)15(19)20/h4-7,16H,1-3H3,(H,17,18)(H,19,20). The van der Waals surface area contributed by atoms with Crippen LogP contribution >= 0.6 is 0 Å². The molecule has 0 radical (unpaired) electrons. The van der Waals surface area contributed by atoms with Crippen LogP contribution in [0.25, 0.3) is 0 Å². The minimum atomic E-state index is -1.10. The van der Waals surface area contributed by atoms with Crippen LogP contribution in [0.5, 0.6) is 5.75 Å². The third-order valence-corrected chi connectivity index (χ3v) is 3.14. The molecule has 3 N–H and O–H groups in total. The van der Waals surface area contributed by atoms with Crippen LogP contribution in [-0.2, 0) is 0 Å². The number of carbonyl (C=O) groups excluding carboxylic acids is 1. The van der Waals surface area contributed by atoms with Gasteiger partial charge in [0.1, 0.15) is 11.3 Å². The number of anilines is 1. The summed E-state index contributed by atoms with van der Waals surface area (Å²) < 4.78 is 5.16. The van der Waals surface area contributed by atoms with E-state index in [9.17, 15) is 9.59 Å². The molecule has 6 heteroatoms. The maximum absolute atomic E-state index is 12.3. The van der Waals surface area contributed by atoms with Crippen molar-refractivity contribution in [2.45, 2.75) is 13.8 Å². The molecule has 0 saturated heterocycles. The van der Waals surface area contributed by atoms with E-state index in [1.807, 2.05) is 13.0 Å². The van der Waals surface area contributed by atoms with E-state index >= 15 is 0 Å². The van der Waals surface area contributed by atoms with Gasteiger partial charge in [0, 0.05) is 11.9 Å². The van der Waals surface area contributed by atoms with Gasteiger partial charge in [0.2, 0.25) is 0 Å². The van der Waals surface area contributed by atoms with Crippen molar-refractivity contribution in [2.75, 3.05) is 12.4 Å². The number of hydrogen-bond donors (Lipinski definition) is 3. The van der Waals surface area contributed by atoms with Crippen molar-refractivity contribution in [1.29, 1.82) is 0 Å². The molecule has 0 bridgehead atoms. The maximum Gasteiger partial charge on any atom is 0.339 e. The van der Waals surface area contributed by atoms with Crippen molar-refractivity contribution in [3.63, 3.8) is 0 Å².